The zero-order valence-corrected chi connectivity index (χ0v) is 15.6. The summed E-state index contributed by atoms with van der Waals surface area (Å²) in [5.41, 5.74) is -0.647. The van der Waals surface area contributed by atoms with Gasteiger partial charge in [0.2, 0.25) is 0 Å². The van der Waals surface area contributed by atoms with Gasteiger partial charge in [-0.15, -0.1) is 0 Å². The Morgan fingerprint density at radius 1 is 1.38 bits per heavy atom. The molecule has 1 aliphatic heterocycles. The van der Waals surface area contributed by atoms with Crippen LogP contribution in [0.2, 0.25) is 0 Å². The summed E-state index contributed by atoms with van der Waals surface area (Å²) in [6.07, 6.45) is 9.03. The lowest BCUT2D eigenvalue weighted by atomic mass is 9.57. The number of nitriles is 1. The Kier molecular flexibility index (Phi) is 4.50. The third-order valence-electron chi connectivity index (χ3n) is 7.86. The quantitative estimate of drug-likeness (QED) is 0.782. The molecule has 142 valence electrons. The van der Waals surface area contributed by atoms with Gasteiger partial charge < -0.3 is 14.6 Å². The molecule has 0 amide bonds. The highest BCUT2D eigenvalue weighted by Gasteiger charge is 2.63. The van der Waals surface area contributed by atoms with E-state index >= 15 is 0 Å². The Labute approximate surface area is 155 Å². The van der Waals surface area contributed by atoms with Crippen molar-refractivity contribution in [2.24, 2.45) is 17.3 Å². The number of ether oxygens (including phenoxy) is 2. The Morgan fingerprint density at radius 2 is 2.23 bits per heavy atom. The topological polar surface area (TPSA) is 79.6 Å². The van der Waals surface area contributed by atoms with Crippen molar-refractivity contribution in [1.82, 2.24) is 0 Å². The molecule has 3 fully saturated rings. The van der Waals surface area contributed by atoms with E-state index in [1.807, 2.05) is 6.92 Å². The van der Waals surface area contributed by atoms with Gasteiger partial charge in [-0.05, 0) is 56.9 Å². The molecule has 0 aromatic carbocycles. The predicted molar refractivity (Wildman–Crippen MR) is 94.9 cm³/mol. The van der Waals surface area contributed by atoms with Gasteiger partial charge >= 0.3 is 0 Å². The van der Waals surface area contributed by atoms with E-state index in [-0.39, 0.29) is 23.2 Å². The first-order valence-corrected chi connectivity index (χ1v) is 10.0. The lowest BCUT2D eigenvalue weighted by Gasteiger charge is -2.50. The minimum atomic E-state index is -1.05. The molecular weight excluding hydrogens is 330 g/mol. The Balaban J connectivity index is 1.57. The third kappa shape index (κ3) is 2.50. The molecule has 3 aliphatic carbocycles. The second-order valence-electron chi connectivity index (χ2n) is 8.85. The van der Waals surface area contributed by atoms with Crippen molar-refractivity contribution < 1.29 is 19.4 Å². The van der Waals surface area contributed by atoms with Crippen LogP contribution in [0.5, 0.6) is 0 Å². The van der Waals surface area contributed by atoms with Crippen molar-refractivity contribution in [3.63, 3.8) is 0 Å². The average molecular weight is 359 g/mol. The van der Waals surface area contributed by atoms with E-state index in [0.29, 0.717) is 45.5 Å². The number of allylic oxidation sites excluding steroid dienone is 1. The number of nitrogens with zero attached hydrogens (tertiary/aromatic N) is 1. The zero-order chi connectivity index (χ0) is 18.4. The second kappa shape index (κ2) is 6.44. The van der Waals surface area contributed by atoms with Crippen LogP contribution in [0, 0.1) is 28.6 Å². The van der Waals surface area contributed by atoms with Crippen LogP contribution in [0.4, 0.5) is 0 Å². The normalized spacial score (nSPS) is 45.4. The molecule has 5 nitrogen and oxygen atoms in total. The Morgan fingerprint density at radius 3 is 3.04 bits per heavy atom. The van der Waals surface area contributed by atoms with Crippen LogP contribution in [0.3, 0.4) is 0 Å². The number of fused-ring (bicyclic) bond motifs is 2. The van der Waals surface area contributed by atoms with E-state index in [1.165, 1.54) is 5.57 Å². The van der Waals surface area contributed by atoms with Gasteiger partial charge in [-0.25, -0.2) is 0 Å². The maximum absolute atomic E-state index is 12.8. The predicted octanol–water partition coefficient (Wildman–Crippen LogP) is 3.27. The van der Waals surface area contributed by atoms with E-state index in [0.717, 1.165) is 25.7 Å². The second-order valence-corrected chi connectivity index (χ2v) is 8.85. The fraction of sp³-hybridized carbons (Fsp3) is 0.810. The number of carbonyl (C=O) groups is 1. The highest BCUT2D eigenvalue weighted by molar-refractivity contribution is 5.83. The van der Waals surface area contributed by atoms with Gasteiger partial charge in [0.05, 0.1) is 29.8 Å². The van der Waals surface area contributed by atoms with E-state index < -0.39 is 11.0 Å². The lowest BCUT2D eigenvalue weighted by molar-refractivity contribution is -0.179. The molecule has 1 heterocycles. The first-order valence-electron chi connectivity index (χ1n) is 10.0. The lowest BCUT2D eigenvalue weighted by Crippen LogP contribution is -2.57. The van der Waals surface area contributed by atoms with Gasteiger partial charge in [0.15, 0.2) is 0 Å². The van der Waals surface area contributed by atoms with Crippen LogP contribution < -0.4 is 0 Å². The fourth-order valence-corrected chi connectivity index (χ4v) is 6.07. The molecule has 4 rings (SSSR count). The molecule has 0 spiro atoms. The molecular formula is C21H29NO4. The van der Waals surface area contributed by atoms with Crippen molar-refractivity contribution in [3.05, 3.63) is 11.6 Å². The van der Waals surface area contributed by atoms with E-state index in [1.54, 1.807) is 0 Å². The van der Waals surface area contributed by atoms with Gasteiger partial charge in [-0.1, -0.05) is 13.0 Å². The molecule has 0 aromatic rings. The molecule has 0 bridgehead atoms. The summed E-state index contributed by atoms with van der Waals surface area (Å²) >= 11 is 0. The van der Waals surface area contributed by atoms with Crippen molar-refractivity contribution >= 4 is 5.78 Å². The van der Waals surface area contributed by atoms with E-state index in [2.05, 4.69) is 12.1 Å². The number of aliphatic hydroxyl groups is 1. The van der Waals surface area contributed by atoms with Gasteiger partial charge in [0.25, 0.3) is 0 Å². The number of carbonyl (C=O) groups excluding carboxylic acids is 1. The standard InChI is InChI=1S/C21H29NO4/c1-19-9-7-18(23)17(21(19,24)11-5-15(19)12-22)6-10-20-8-3-2-4-16(20)13-25-14-26-20/h4,15,17,24H,2-3,5-11,13-14H2,1H3/t15-,17?,19-,20-,21+/m1/s1. The van der Waals surface area contributed by atoms with Crippen molar-refractivity contribution in [1.29, 1.82) is 5.26 Å². The number of hydrogen-bond acceptors (Lipinski definition) is 5. The SMILES string of the molecule is C[C@]12CCC(=O)C(CC[C@]34CCCC=C3COCO4)[C@@]1(O)CC[C@@H]2C#N. The summed E-state index contributed by atoms with van der Waals surface area (Å²) in [6.45, 7) is 2.92. The fourth-order valence-electron chi connectivity index (χ4n) is 6.07. The van der Waals surface area contributed by atoms with Gasteiger partial charge in [0.1, 0.15) is 12.6 Å². The van der Waals surface area contributed by atoms with Crippen molar-refractivity contribution in [2.75, 3.05) is 13.4 Å². The van der Waals surface area contributed by atoms with Crippen molar-refractivity contribution in [2.45, 2.75) is 75.9 Å². The van der Waals surface area contributed by atoms with Crippen LogP contribution in [-0.4, -0.2) is 35.5 Å². The highest BCUT2D eigenvalue weighted by atomic mass is 16.7. The van der Waals surface area contributed by atoms with Gasteiger partial charge in [0, 0.05) is 17.8 Å². The molecule has 26 heavy (non-hydrogen) atoms. The molecule has 2 saturated carbocycles. The summed E-state index contributed by atoms with van der Waals surface area (Å²) < 4.78 is 11.5. The summed E-state index contributed by atoms with van der Waals surface area (Å²) in [5.74, 6) is -0.386. The average Bonchev–Trinajstić information content (AvgIpc) is 2.92. The van der Waals surface area contributed by atoms with Crippen LogP contribution in [0.1, 0.15) is 64.7 Å². The number of ketones is 1. The monoisotopic (exact) mass is 359 g/mol. The minimum absolute atomic E-state index is 0.161. The third-order valence-corrected chi connectivity index (χ3v) is 7.86. The highest BCUT2D eigenvalue weighted by Crippen LogP contribution is 2.60. The molecule has 0 aromatic heterocycles. The van der Waals surface area contributed by atoms with Crippen LogP contribution in [0.25, 0.3) is 0 Å². The first-order chi connectivity index (χ1) is 12.5. The minimum Gasteiger partial charge on any atom is -0.389 e. The Hall–Kier alpha value is -1.22. The van der Waals surface area contributed by atoms with Crippen LogP contribution in [-0.2, 0) is 14.3 Å². The zero-order valence-electron chi connectivity index (χ0n) is 15.6. The van der Waals surface area contributed by atoms with Crippen LogP contribution >= 0.6 is 0 Å². The summed E-state index contributed by atoms with van der Waals surface area (Å²) in [7, 11) is 0. The number of hydrogen-bond donors (Lipinski definition) is 1. The summed E-state index contributed by atoms with van der Waals surface area (Å²) in [4.78, 5) is 12.8. The number of Topliss-reactive ketones (excluding diaryl/α,β-unsaturated/α-hetero) is 1. The number of rotatable bonds is 3. The summed E-state index contributed by atoms with van der Waals surface area (Å²) in [6, 6.07) is 2.39. The Bertz CT molecular complexity index is 667. The van der Waals surface area contributed by atoms with Crippen molar-refractivity contribution in [3.8, 4) is 6.07 Å². The molecule has 5 atom stereocenters. The van der Waals surface area contributed by atoms with Gasteiger partial charge in [-0.2, -0.15) is 5.26 Å². The molecule has 1 unspecified atom stereocenters. The molecule has 1 saturated heterocycles. The molecule has 1 N–H and O–H groups in total. The molecule has 4 aliphatic rings. The van der Waals surface area contributed by atoms with Gasteiger partial charge in [-0.3, -0.25) is 4.79 Å². The maximum Gasteiger partial charge on any atom is 0.148 e. The molecule has 5 heteroatoms. The first kappa shape index (κ1) is 18.2. The summed E-state index contributed by atoms with van der Waals surface area (Å²) in [5, 5.41) is 21.1. The van der Waals surface area contributed by atoms with Crippen LogP contribution in [0.15, 0.2) is 11.6 Å². The van der Waals surface area contributed by atoms with E-state index in [4.69, 9.17) is 9.47 Å². The largest absolute Gasteiger partial charge is 0.389 e. The smallest absolute Gasteiger partial charge is 0.148 e. The molecule has 0 radical (unpaired) electrons. The van der Waals surface area contributed by atoms with E-state index in [9.17, 15) is 15.2 Å². The maximum atomic E-state index is 12.8.